The van der Waals surface area contributed by atoms with E-state index in [-0.39, 0.29) is 10.7 Å². The average molecular weight is 497 g/mol. The molecule has 0 aliphatic carbocycles. The Bertz CT molecular complexity index is 1370. The first kappa shape index (κ1) is 24.1. The second-order valence-electron chi connectivity index (χ2n) is 7.90. The number of aryl methyl sites for hydroxylation is 1. The number of thioether (sulfide) groups is 1. The lowest BCUT2D eigenvalue weighted by Crippen LogP contribution is -2.22. The van der Waals surface area contributed by atoms with Gasteiger partial charge in [0, 0.05) is 26.4 Å². The van der Waals surface area contributed by atoms with Crippen molar-refractivity contribution >= 4 is 21.8 Å². The highest BCUT2D eigenvalue weighted by atomic mass is 32.2. The minimum atomic E-state index is -3.52. The predicted molar refractivity (Wildman–Crippen MR) is 132 cm³/mol. The fourth-order valence-corrected chi connectivity index (χ4v) is 5.36. The van der Waals surface area contributed by atoms with E-state index >= 15 is 0 Å². The first-order valence-corrected chi connectivity index (χ1v) is 13.1. The first-order chi connectivity index (χ1) is 16.4. The summed E-state index contributed by atoms with van der Waals surface area (Å²) in [4.78, 5) is 0.244. The van der Waals surface area contributed by atoms with Crippen LogP contribution in [0.15, 0.2) is 88.9 Å². The molecule has 0 aliphatic rings. The highest BCUT2D eigenvalue weighted by Gasteiger charge is 2.19. The molecule has 0 fully saturated rings. The van der Waals surface area contributed by atoms with Crippen LogP contribution in [0.4, 0.5) is 4.39 Å². The van der Waals surface area contributed by atoms with E-state index in [1.807, 2.05) is 28.8 Å². The van der Waals surface area contributed by atoms with Gasteiger partial charge in [-0.25, -0.2) is 17.1 Å². The van der Waals surface area contributed by atoms with Gasteiger partial charge in [0.05, 0.1) is 10.5 Å². The van der Waals surface area contributed by atoms with E-state index in [1.165, 1.54) is 36.2 Å². The fourth-order valence-electron chi connectivity index (χ4n) is 3.48. The number of hydrogen-bond acceptors (Lipinski definition) is 5. The van der Waals surface area contributed by atoms with Gasteiger partial charge >= 0.3 is 0 Å². The molecule has 0 amide bonds. The van der Waals surface area contributed by atoms with E-state index in [1.54, 1.807) is 36.4 Å². The van der Waals surface area contributed by atoms with E-state index in [2.05, 4.69) is 22.3 Å². The lowest BCUT2D eigenvalue weighted by Gasteiger charge is -2.13. The van der Waals surface area contributed by atoms with Crippen LogP contribution in [0.2, 0.25) is 0 Å². The molecule has 0 bridgehead atoms. The minimum absolute atomic E-state index is 0.244. The molecule has 0 saturated carbocycles. The number of nitrogens with zero attached hydrogens (tertiary/aromatic N) is 4. The van der Waals surface area contributed by atoms with Crippen LogP contribution in [-0.4, -0.2) is 41.6 Å². The Morgan fingerprint density at radius 3 is 2.35 bits per heavy atom. The molecule has 0 radical (unpaired) electrons. The van der Waals surface area contributed by atoms with E-state index in [4.69, 9.17) is 0 Å². The number of rotatable bonds is 9. The lowest BCUT2D eigenvalue weighted by molar-refractivity contribution is 0.520. The van der Waals surface area contributed by atoms with Crippen molar-refractivity contribution < 1.29 is 12.8 Å². The lowest BCUT2D eigenvalue weighted by atomic mass is 10.1. The molecule has 1 heterocycles. The molecule has 0 unspecified atom stereocenters. The maximum Gasteiger partial charge on any atom is 0.242 e. The van der Waals surface area contributed by atoms with Crippen LogP contribution in [0.5, 0.6) is 0 Å². The SMILES string of the molecule is CN(C)S(=O)(=O)c1cccc(CSc2nnc(-c3ccccc3F)n2CCc2ccccc2)c1. The largest absolute Gasteiger partial charge is 0.302 e. The number of halogens is 1. The maximum absolute atomic E-state index is 14.6. The summed E-state index contributed by atoms with van der Waals surface area (Å²) >= 11 is 1.44. The summed E-state index contributed by atoms with van der Waals surface area (Å²) in [5.41, 5.74) is 2.40. The Hall–Kier alpha value is -3.01. The van der Waals surface area contributed by atoms with Gasteiger partial charge in [-0.1, -0.05) is 66.4 Å². The molecule has 0 spiro atoms. The average Bonchev–Trinajstić information content (AvgIpc) is 3.25. The first-order valence-electron chi connectivity index (χ1n) is 10.7. The molecule has 1 aromatic heterocycles. The Morgan fingerprint density at radius 2 is 1.62 bits per heavy atom. The Labute approximate surface area is 203 Å². The van der Waals surface area contributed by atoms with Crippen LogP contribution >= 0.6 is 11.8 Å². The van der Waals surface area contributed by atoms with Crippen molar-refractivity contribution in [2.75, 3.05) is 14.1 Å². The van der Waals surface area contributed by atoms with Gasteiger partial charge in [0.2, 0.25) is 10.0 Å². The summed E-state index contributed by atoms with van der Waals surface area (Å²) in [5, 5.41) is 9.29. The quantitative estimate of drug-likeness (QED) is 0.309. The van der Waals surface area contributed by atoms with Gasteiger partial charge in [-0.2, -0.15) is 0 Å². The Morgan fingerprint density at radius 1 is 0.912 bits per heavy atom. The van der Waals surface area contributed by atoms with Gasteiger partial charge < -0.3 is 4.57 Å². The molecule has 34 heavy (non-hydrogen) atoms. The van der Waals surface area contributed by atoms with Crippen LogP contribution < -0.4 is 0 Å². The maximum atomic E-state index is 14.6. The van der Waals surface area contributed by atoms with Crippen LogP contribution in [0.3, 0.4) is 0 Å². The molecule has 0 aliphatic heterocycles. The molecule has 4 aromatic rings. The summed E-state index contributed by atoms with van der Waals surface area (Å²) < 4.78 is 42.6. The van der Waals surface area contributed by atoms with Crippen LogP contribution in [-0.2, 0) is 28.7 Å². The number of aromatic nitrogens is 3. The summed E-state index contributed by atoms with van der Waals surface area (Å²) in [6, 6.07) is 23.5. The van der Waals surface area contributed by atoms with Crippen molar-refractivity contribution in [3.63, 3.8) is 0 Å². The minimum Gasteiger partial charge on any atom is -0.302 e. The van der Waals surface area contributed by atoms with Crippen molar-refractivity contribution in [1.29, 1.82) is 0 Å². The van der Waals surface area contributed by atoms with Crippen molar-refractivity contribution in [2.45, 2.75) is 28.8 Å². The molecule has 4 rings (SSSR count). The third-order valence-electron chi connectivity index (χ3n) is 5.34. The third-order valence-corrected chi connectivity index (χ3v) is 8.19. The summed E-state index contributed by atoms with van der Waals surface area (Å²) in [5.74, 6) is 0.617. The van der Waals surface area contributed by atoms with Crippen LogP contribution in [0.25, 0.3) is 11.4 Å². The van der Waals surface area contributed by atoms with Crippen molar-refractivity contribution in [2.24, 2.45) is 0 Å². The van der Waals surface area contributed by atoms with Crippen LogP contribution in [0.1, 0.15) is 11.1 Å². The molecule has 0 N–H and O–H groups in total. The van der Waals surface area contributed by atoms with Gasteiger partial charge in [-0.3, -0.25) is 0 Å². The number of hydrogen-bond donors (Lipinski definition) is 0. The smallest absolute Gasteiger partial charge is 0.242 e. The molecule has 6 nitrogen and oxygen atoms in total. The highest BCUT2D eigenvalue weighted by molar-refractivity contribution is 7.98. The zero-order valence-electron chi connectivity index (χ0n) is 18.9. The van der Waals surface area contributed by atoms with Crippen molar-refractivity contribution in [3.05, 3.63) is 95.8 Å². The zero-order chi connectivity index (χ0) is 24.1. The Balaban J connectivity index is 1.61. The summed E-state index contributed by atoms with van der Waals surface area (Å²) in [6.07, 6.45) is 0.741. The van der Waals surface area contributed by atoms with Gasteiger partial charge in [0.15, 0.2) is 11.0 Å². The van der Waals surface area contributed by atoms with E-state index in [0.29, 0.717) is 28.8 Å². The number of sulfonamides is 1. The summed E-state index contributed by atoms with van der Waals surface area (Å²) in [6.45, 7) is 0.581. The van der Waals surface area contributed by atoms with Gasteiger partial charge in [-0.15, -0.1) is 10.2 Å². The fraction of sp³-hybridized carbons (Fsp3) is 0.200. The molecular weight excluding hydrogens is 471 g/mol. The van der Waals surface area contributed by atoms with Gasteiger partial charge in [-0.05, 0) is 41.8 Å². The van der Waals surface area contributed by atoms with Crippen molar-refractivity contribution in [3.8, 4) is 11.4 Å². The monoisotopic (exact) mass is 496 g/mol. The molecule has 9 heteroatoms. The van der Waals surface area contributed by atoms with E-state index in [0.717, 1.165) is 17.5 Å². The molecule has 0 saturated heterocycles. The standard InChI is InChI=1S/C25H25FN4O2S2/c1-29(2)34(31,32)21-12-8-11-20(17-21)18-33-25-28-27-24(22-13-6-7-14-23(22)26)30(25)16-15-19-9-4-3-5-10-19/h3-14,17H,15-16,18H2,1-2H3. The topological polar surface area (TPSA) is 68.1 Å². The Kier molecular flexibility index (Phi) is 7.45. The van der Waals surface area contributed by atoms with Crippen molar-refractivity contribution in [1.82, 2.24) is 19.1 Å². The predicted octanol–water partition coefficient (Wildman–Crippen LogP) is 4.87. The van der Waals surface area contributed by atoms with E-state index in [9.17, 15) is 12.8 Å². The molecule has 0 atom stereocenters. The molecule has 176 valence electrons. The summed E-state index contributed by atoms with van der Waals surface area (Å²) in [7, 11) is -0.497. The van der Waals surface area contributed by atoms with Gasteiger partial charge in [0.25, 0.3) is 0 Å². The molecular formula is C25H25FN4O2S2. The zero-order valence-corrected chi connectivity index (χ0v) is 20.6. The highest BCUT2D eigenvalue weighted by Crippen LogP contribution is 2.29. The third kappa shape index (κ3) is 5.38. The van der Waals surface area contributed by atoms with Gasteiger partial charge in [0.1, 0.15) is 5.82 Å². The van der Waals surface area contributed by atoms with E-state index < -0.39 is 10.0 Å². The second-order valence-corrected chi connectivity index (χ2v) is 11.0. The molecule has 3 aromatic carbocycles. The normalized spacial score (nSPS) is 11.8. The number of benzene rings is 3. The van der Waals surface area contributed by atoms with Crippen LogP contribution in [0, 0.1) is 5.82 Å². The second kappa shape index (κ2) is 10.5.